The SMILES string of the molecule is CC1(C)OB(C(F)=C2CCC(CC3CCCCO3)CC2)OC1(C)C. The summed E-state index contributed by atoms with van der Waals surface area (Å²) < 4.78 is 32.4. The maximum absolute atomic E-state index is 14.9. The van der Waals surface area contributed by atoms with Gasteiger partial charge in [0, 0.05) is 6.61 Å². The minimum atomic E-state index is -0.830. The standard InChI is InChI=1S/C19H32BFO3/c1-18(2)19(3,4)24-20(23-18)17(21)15-10-8-14(9-11-15)13-16-7-5-6-12-22-16/h14,16H,5-13H2,1-4H3. The fourth-order valence-electron chi connectivity index (χ4n) is 3.98. The zero-order valence-electron chi connectivity index (χ0n) is 15.7. The number of ether oxygens (including phenoxy) is 1. The quantitative estimate of drug-likeness (QED) is 0.679. The Bertz CT molecular complexity index is 457. The van der Waals surface area contributed by atoms with E-state index in [0.29, 0.717) is 12.0 Å². The summed E-state index contributed by atoms with van der Waals surface area (Å²) in [7, 11) is -0.830. The van der Waals surface area contributed by atoms with Crippen molar-refractivity contribution in [1.29, 1.82) is 0 Å². The van der Waals surface area contributed by atoms with Crippen molar-refractivity contribution in [1.82, 2.24) is 0 Å². The topological polar surface area (TPSA) is 27.7 Å². The maximum atomic E-state index is 14.9. The van der Waals surface area contributed by atoms with Crippen LogP contribution in [0.2, 0.25) is 0 Å². The van der Waals surface area contributed by atoms with Gasteiger partial charge in [-0.1, -0.05) is 0 Å². The number of hydrogen-bond acceptors (Lipinski definition) is 3. The van der Waals surface area contributed by atoms with E-state index in [4.69, 9.17) is 14.0 Å². The van der Waals surface area contributed by atoms with E-state index in [9.17, 15) is 4.39 Å². The molecule has 0 N–H and O–H groups in total. The molecule has 0 spiro atoms. The van der Waals surface area contributed by atoms with Gasteiger partial charge in [-0.15, -0.1) is 0 Å². The second-order valence-corrected chi connectivity index (χ2v) is 8.71. The van der Waals surface area contributed by atoms with Crippen LogP contribution in [0, 0.1) is 5.92 Å². The Hall–Kier alpha value is -0.385. The second kappa shape index (κ2) is 7.09. The minimum absolute atomic E-state index is 0.180. The van der Waals surface area contributed by atoms with Gasteiger partial charge in [-0.25, -0.2) is 4.39 Å². The molecule has 0 radical (unpaired) electrons. The lowest BCUT2D eigenvalue weighted by Gasteiger charge is -2.32. The van der Waals surface area contributed by atoms with Crippen molar-refractivity contribution < 1.29 is 18.4 Å². The third-order valence-electron chi connectivity index (χ3n) is 6.38. The Balaban J connectivity index is 1.54. The molecule has 0 aromatic rings. The van der Waals surface area contributed by atoms with Gasteiger partial charge < -0.3 is 14.0 Å². The highest BCUT2D eigenvalue weighted by Crippen LogP contribution is 2.41. The van der Waals surface area contributed by atoms with E-state index >= 15 is 0 Å². The molecule has 0 amide bonds. The van der Waals surface area contributed by atoms with Crippen LogP contribution in [0.4, 0.5) is 4.39 Å². The van der Waals surface area contributed by atoms with E-state index in [1.54, 1.807) is 0 Å². The summed E-state index contributed by atoms with van der Waals surface area (Å²) in [6.45, 7) is 8.77. The molecule has 2 saturated heterocycles. The molecule has 1 saturated carbocycles. The van der Waals surface area contributed by atoms with Gasteiger partial charge in [0.25, 0.3) is 0 Å². The van der Waals surface area contributed by atoms with Crippen LogP contribution in [0.3, 0.4) is 0 Å². The van der Waals surface area contributed by atoms with Gasteiger partial charge in [-0.3, -0.25) is 0 Å². The molecular weight excluding hydrogens is 306 g/mol. The molecule has 1 atom stereocenters. The summed E-state index contributed by atoms with van der Waals surface area (Å²) in [6, 6.07) is 0. The predicted molar refractivity (Wildman–Crippen MR) is 94.4 cm³/mol. The van der Waals surface area contributed by atoms with Gasteiger partial charge in [0.15, 0.2) is 0 Å². The molecule has 1 unspecified atom stereocenters. The highest BCUT2D eigenvalue weighted by molar-refractivity contribution is 6.53. The molecule has 3 nitrogen and oxygen atoms in total. The van der Waals surface area contributed by atoms with Crippen LogP contribution in [-0.2, 0) is 14.0 Å². The third-order valence-corrected chi connectivity index (χ3v) is 6.38. The summed E-state index contributed by atoms with van der Waals surface area (Å²) in [4.78, 5) is 0. The molecule has 0 aromatic heterocycles. The summed E-state index contributed by atoms with van der Waals surface area (Å²) in [5.41, 5.74) is -0.244. The molecule has 0 bridgehead atoms. The van der Waals surface area contributed by atoms with Crippen LogP contribution in [-0.4, -0.2) is 31.0 Å². The molecular formula is C19H32BFO3. The molecule has 0 aromatic carbocycles. The minimum Gasteiger partial charge on any atom is -0.398 e. The molecule has 5 heteroatoms. The highest BCUT2D eigenvalue weighted by Gasteiger charge is 2.53. The Morgan fingerprint density at radius 2 is 1.67 bits per heavy atom. The van der Waals surface area contributed by atoms with E-state index < -0.39 is 18.3 Å². The summed E-state index contributed by atoms with van der Waals surface area (Å²) in [5, 5.41) is 0. The van der Waals surface area contributed by atoms with Crippen LogP contribution in [0.15, 0.2) is 11.3 Å². The van der Waals surface area contributed by atoms with Crippen molar-refractivity contribution >= 4 is 7.12 Å². The maximum Gasteiger partial charge on any atom is 0.525 e. The zero-order chi connectivity index (χ0) is 17.4. The van der Waals surface area contributed by atoms with Crippen molar-refractivity contribution in [2.24, 2.45) is 5.92 Å². The Labute approximate surface area is 146 Å². The second-order valence-electron chi connectivity index (χ2n) is 8.71. The van der Waals surface area contributed by atoms with Crippen molar-refractivity contribution in [2.45, 2.75) is 96.4 Å². The fraction of sp³-hybridized carbons (Fsp3) is 0.895. The number of hydrogen-bond donors (Lipinski definition) is 0. The first-order valence-electron chi connectivity index (χ1n) is 9.63. The van der Waals surface area contributed by atoms with E-state index in [0.717, 1.165) is 44.3 Å². The molecule has 136 valence electrons. The van der Waals surface area contributed by atoms with Crippen LogP contribution >= 0.6 is 0 Å². The van der Waals surface area contributed by atoms with Crippen LogP contribution in [0.25, 0.3) is 0 Å². The summed E-state index contributed by atoms with van der Waals surface area (Å²) in [5.74, 6) is 0.669. The Morgan fingerprint density at radius 3 is 2.21 bits per heavy atom. The first-order chi connectivity index (χ1) is 11.3. The monoisotopic (exact) mass is 338 g/mol. The van der Waals surface area contributed by atoms with Gasteiger partial charge in [-0.2, -0.15) is 0 Å². The first-order valence-corrected chi connectivity index (χ1v) is 9.63. The average molecular weight is 338 g/mol. The van der Waals surface area contributed by atoms with Crippen LogP contribution in [0.5, 0.6) is 0 Å². The molecule has 3 rings (SSSR count). The van der Waals surface area contributed by atoms with E-state index in [1.807, 2.05) is 27.7 Å². The van der Waals surface area contributed by atoms with Gasteiger partial charge in [0.2, 0.25) is 0 Å². The fourth-order valence-corrected chi connectivity index (χ4v) is 3.98. The van der Waals surface area contributed by atoms with Gasteiger partial charge in [0.05, 0.1) is 17.3 Å². The zero-order valence-corrected chi connectivity index (χ0v) is 15.7. The number of halogens is 1. The molecule has 24 heavy (non-hydrogen) atoms. The predicted octanol–water partition coefficient (Wildman–Crippen LogP) is 4.99. The van der Waals surface area contributed by atoms with Crippen molar-refractivity contribution in [3.05, 3.63) is 11.3 Å². The summed E-state index contributed by atoms with van der Waals surface area (Å²) in [6.07, 6.45) is 9.03. The average Bonchev–Trinajstić information content (AvgIpc) is 2.76. The number of rotatable bonds is 3. The Morgan fingerprint density at radius 1 is 1.04 bits per heavy atom. The van der Waals surface area contributed by atoms with Crippen LogP contribution < -0.4 is 0 Å². The smallest absolute Gasteiger partial charge is 0.398 e. The van der Waals surface area contributed by atoms with Crippen molar-refractivity contribution in [3.63, 3.8) is 0 Å². The molecule has 3 aliphatic rings. The Kier molecular flexibility index (Phi) is 5.43. The van der Waals surface area contributed by atoms with Crippen LogP contribution in [0.1, 0.15) is 79.1 Å². The highest BCUT2D eigenvalue weighted by atomic mass is 19.1. The van der Waals surface area contributed by atoms with Gasteiger partial charge in [-0.05, 0) is 90.6 Å². The summed E-state index contributed by atoms with van der Waals surface area (Å²) >= 11 is 0. The van der Waals surface area contributed by atoms with E-state index in [2.05, 4.69) is 0 Å². The normalized spacial score (nSPS) is 32.9. The van der Waals surface area contributed by atoms with E-state index in [1.165, 1.54) is 19.3 Å². The molecule has 3 fully saturated rings. The first kappa shape index (κ1) is 18.4. The van der Waals surface area contributed by atoms with Gasteiger partial charge in [0.1, 0.15) is 5.73 Å². The lowest BCUT2D eigenvalue weighted by Crippen LogP contribution is -2.41. The molecule has 2 heterocycles. The lowest BCUT2D eigenvalue weighted by molar-refractivity contribution is -0.000814. The lowest BCUT2D eigenvalue weighted by atomic mass is 9.76. The molecule has 1 aliphatic carbocycles. The van der Waals surface area contributed by atoms with Crippen molar-refractivity contribution in [3.8, 4) is 0 Å². The molecule has 2 aliphatic heterocycles. The van der Waals surface area contributed by atoms with Crippen molar-refractivity contribution in [2.75, 3.05) is 6.61 Å². The van der Waals surface area contributed by atoms with E-state index in [-0.39, 0.29) is 5.73 Å². The third kappa shape index (κ3) is 3.89. The largest absolute Gasteiger partial charge is 0.525 e. The number of allylic oxidation sites excluding steroid dienone is 1. The van der Waals surface area contributed by atoms with Gasteiger partial charge >= 0.3 is 7.12 Å².